The predicted molar refractivity (Wildman–Crippen MR) is 70.6 cm³/mol. The second-order valence-corrected chi connectivity index (χ2v) is 7.54. The Hall–Kier alpha value is -0.0400. The molecule has 0 aromatic rings. The monoisotopic (exact) mass is 223 g/mol. The summed E-state index contributed by atoms with van der Waals surface area (Å²) in [6.45, 7) is 9.71. The quantitative estimate of drug-likeness (QED) is 0.742. The van der Waals surface area contributed by atoms with Crippen molar-refractivity contribution in [3.05, 3.63) is 0 Å². The average molecular weight is 223 g/mol. The largest absolute Gasteiger partial charge is 0.311 e. The average Bonchev–Trinajstić information content (AvgIpc) is 2.50. The lowest BCUT2D eigenvalue weighted by Gasteiger charge is -2.38. The van der Waals surface area contributed by atoms with Crippen molar-refractivity contribution >= 4 is 0 Å². The first-order valence-electron chi connectivity index (χ1n) is 7.15. The lowest BCUT2D eigenvalue weighted by atomic mass is 9.75. The summed E-state index contributed by atoms with van der Waals surface area (Å²) >= 11 is 0. The van der Waals surface area contributed by atoms with E-state index in [1.165, 1.54) is 44.9 Å². The third-order valence-electron chi connectivity index (χ3n) is 5.03. The molecule has 2 aliphatic carbocycles. The highest BCUT2D eigenvalue weighted by atomic mass is 15.0. The second-order valence-electron chi connectivity index (χ2n) is 7.54. The van der Waals surface area contributed by atoms with E-state index in [1.807, 2.05) is 0 Å². The third kappa shape index (κ3) is 2.80. The van der Waals surface area contributed by atoms with E-state index >= 15 is 0 Å². The number of nitrogens with one attached hydrogen (secondary N) is 1. The van der Waals surface area contributed by atoms with Gasteiger partial charge in [0.25, 0.3) is 0 Å². The Morgan fingerprint density at radius 3 is 2.00 bits per heavy atom. The summed E-state index contributed by atoms with van der Waals surface area (Å²) in [5, 5.41) is 3.95. The molecule has 0 heterocycles. The zero-order valence-electron chi connectivity index (χ0n) is 11.6. The molecule has 0 radical (unpaired) electrons. The molecule has 1 atom stereocenters. The molecular formula is C15H29N. The lowest BCUT2D eigenvalue weighted by Crippen LogP contribution is -2.46. The summed E-state index contributed by atoms with van der Waals surface area (Å²) in [5.41, 5.74) is 1.14. The molecular weight excluding hydrogens is 194 g/mol. The Labute approximate surface area is 101 Å². The summed E-state index contributed by atoms with van der Waals surface area (Å²) in [5.74, 6) is 0. The standard InChI is InChI=1S/C15H29N/c1-14(2)10-7-12(8-11-14)16-13-6-5-9-15(13,3)4/h12-13,16H,5-11H2,1-4H3. The molecule has 2 rings (SSSR count). The van der Waals surface area contributed by atoms with Crippen molar-refractivity contribution in [3.63, 3.8) is 0 Å². The van der Waals surface area contributed by atoms with E-state index in [9.17, 15) is 0 Å². The van der Waals surface area contributed by atoms with Crippen molar-refractivity contribution in [2.24, 2.45) is 10.8 Å². The summed E-state index contributed by atoms with van der Waals surface area (Å²) in [7, 11) is 0. The summed E-state index contributed by atoms with van der Waals surface area (Å²) < 4.78 is 0. The van der Waals surface area contributed by atoms with Crippen LogP contribution in [-0.4, -0.2) is 12.1 Å². The molecule has 1 nitrogen and oxygen atoms in total. The van der Waals surface area contributed by atoms with Gasteiger partial charge in [-0.15, -0.1) is 0 Å². The fraction of sp³-hybridized carbons (Fsp3) is 1.00. The fourth-order valence-electron chi connectivity index (χ4n) is 3.49. The Balaban J connectivity index is 1.83. The van der Waals surface area contributed by atoms with E-state index < -0.39 is 0 Å². The molecule has 0 saturated heterocycles. The van der Waals surface area contributed by atoms with E-state index in [0.717, 1.165) is 12.1 Å². The molecule has 0 aromatic carbocycles. The topological polar surface area (TPSA) is 12.0 Å². The SMILES string of the molecule is CC1(C)CCC(NC2CCCC2(C)C)CC1. The molecule has 0 aromatic heterocycles. The van der Waals surface area contributed by atoms with Gasteiger partial charge in [0.2, 0.25) is 0 Å². The van der Waals surface area contributed by atoms with Crippen molar-refractivity contribution in [1.29, 1.82) is 0 Å². The minimum atomic E-state index is 0.535. The van der Waals surface area contributed by atoms with Gasteiger partial charge in [-0.1, -0.05) is 34.1 Å². The maximum atomic E-state index is 3.95. The zero-order chi connectivity index (χ0) is 11.8. The van der Waals surface area contributed by atoms with E-state index in [2.05, 4.69) is 33.0 Å². The smallest absolute Gasteiger partial charge is 0.0121 e. The van der Waals surface area contributed by atoms with Crippen LogP contribution in [0, 0.1) is 10.8 Å². The Kier molecular flexibility index (Phi) is 3.36. The first-order chi connectivity index (χ1) is 7.39. The number of rotatable bonds is 2. The Bertz CT molecular complexity index is 232. The molecule has 0 amide bonds. The molecule has 16 heavy (non-hydrogen) atoms. The van der Waals surface area contributed by atoms with Crippen molar-refractivity contribution in [2.45, 2.75) is 84.7 Å². The van der Waals surface area contributed by atoms with Crippen LogP contribution in [0.3, 0.4) is 0 Å². The highest BCUT2D eigenvalue weighted by Gasteiger charge is 2.36. The van der Waals surface area contributed by atoms with Crippen LogP contribution in [0.15, 0.2) is 0 Å². The molecule has 0 bridgehead atoms. The first kappa shape index (κ1) is 12.4. The van der Waals surface area contributed by atoms with Gasteiger partial charge in [0.15, 0.2) is 0 Å². The molecule has 0 spiro atoms. The summed E-state index contributed by atoms with van der Waals surface area (Å²) in [6.07, 6.45) is 9.80. The molecule has 2 aliphatic rings. The van der Waals surface area contributed by atoms with Gasteiger partial charge in [-0.2, -0.15) is 0 Å². The fourth-order valence-corrected chi connectivity index (χ4v) is 3.49. The molecule has 0 aliphatic heterocycles. The molecule has 1 unspecified atom stereocenters. The molecule has 94 valence electrons. The highest BCUT2D eigenvalue weighted by Crippen LogP contribution is 2.40. The van der Waals surface area contributed by atoms with Crippen molar-refractivity contribution in [1.82, 2.24) is 5.32 Å². The van der Waals surface area contributed by atoms with Crippen molar-refractivity contribution < 1.29 is 0 Å². The second kappa shape index (κ2) is 4.33. The maximum absolute atomic E-state index is 3.95. The Morgan fingerprint density at radius 2 is 1.50 bits per heavy atom. The third-order valence-corrected chi connectivity index (χ3v) is 5.03. The molecule has 2 fully saturated rings. The zero-order valence-corrected chi connectivity index (χ0v) is 11.6. The van der Waals surface area contributed by atoms with Gasteiger partial charge in [0.1, 0.15) is 0 Å². The number of hydrogen-bond donors (Lipinski definition) is 1. The first-order valence-corrected chi connectivity index (χ1v) is 7.15. The van der Waals surface area contributed by atoms with Gasteiger partial charge in [-0.25, -0.2) is 0 Å². The van der Waals surface area contributed by atoms with E-state index in [-0.39, 0.29) is 0 Å². The molecule has 2 saturated carbocycles. The summed E-state index contributed by atoms with van der Waals surface area (Å²) in [4.78, 5) is 0. The Morgan fingerprint density at radius 1 is 0.875 bits per heavy atom. The highest BCUT2D eigenvalue weighted by molar-refractivity contribution is 4.93. The van der Waals surface area contributed by atoms with E-state index in [4.69, 9.17) is 0 Å². The maximum Gasteiger partial charge on any atom is 0.0121 e. The molecule has 1 heteroatoms. The van der Waals surface area contributed by atoms with Gasteiger partial charge in [-0.05, 0) is 49.4 Å². The van der Waals surface area contributed by atoms with Crippen LogP contribution in [0.2, 0.25) is 0 Å². The minimum absolute atomic E-state index is 0.535. The van der Waals surface area contributed by atoms with Crippen LogP contribution >= 0.6 is 0 Å². The van der Waals surface area contributed by atoms with Gasteiger partial charge in [0, 0.05) is 12.1 Å². The van der Waals surface area contributed by atoms with Crippen LogP contribution in [0.5, 0.6) is 0 Å². The molecule has 1 N–H and O–H groups in total. The number of hydrogen-bond acceptors (Lipinski definition) is 1. The normalized spacial score (nSPS) is 34.1. The van der Waals surface area contributed by atoms with Crippen LogP contribution < -0.4 is 5.32 Å². The van der Waals surface area contributed by atoms with Gasteiger partial charge in [-0.3, -0.25) is 0 Å². The van der Waals surface area contributed by atoms with Crippen LogP contribution in [-0.2, 0) is 0 Å². The lowest BCUT2D eigenvalue weighted by molar-refractivity contribution is 0.175. The summed E-state index contributed by atoms with van der Waals surface area (Å²) in [6, 6.07) is 1.58. The van der Waals surface area contributed by atoms with Gasteiger partial charge >= 0.3 is 0 Å². The van der Waals surface area contributed by atoms with Gasteiger partial charge < -0.3 is 5.32 Å². The van der Waals surface area contributed by atoms with Crippen molar-refractivity contribution in [3.8, 4) is 0 Å². The van der Waals surface area contributed by atoms with E-state index in [1.54, 1.807) is 0 Å². The predicted octanol–water partition coefficient (Wildman–Crippen LogP) is 4.12. The van der Waals surface area contributed by atoms with Crippen LogP contribution in [0.4, 0.5) is 0 Å². The van der Waals surface area contributed by atoms with Crippen LogP contribution in [0.25, 0.3) is 0 Å². The van der Waals surface area contributed by atoms with Crippen LogP contribution in [0.1, 0.15) is 72.6 Å². The van der Waals surface area contributed by atoms with Crippen molar-refractivity contribution in [2.75, 3.05) is 0 Å². The van der Waals surface area contributed by atoms with E-state index in [0.29, 0.717) is 10.8 Å². The van der Waals surface area contributed by atoms with Gasteiger partial charge in [0.05, 0.1) is 0 Å². The minimum Gasteiger partial charge on any atom is -0.311 e.